The van der Waals surface area contributed by atoms with Gasteiger partial charge in [0.1, 0.15) is 11.5 Å². The van der Waals surface area contributed by atoms with Crippen molar-refractivity contribution in [2.45, 2.75) is 19.6 Å². The van der Waals surface area contributed by atoms with E-state index in [1.54, 1.807) is 0 Å². The molecule has 0 spiro atoms. The third-order valence-corrected chi connectivity index (χ3v) is 12.2. The predicted molar refractivity (Wildman–Crippen MR) is 198 cm³/mol. The Bertz CT molecular complexity index is 2740. The van der Waals surface area contributed by atoms with Crippen LogP contribution in [0.1, 0.15) is 0 Å². The second-order valence-electron chi connectivity index (χ2n) is 11.5. The van der Waals surface area contributed by atoms with E-state index >= 15 is 0 Å². The number of phenols is 2. The number of urea groups is 1. The summed E-state index contributed by atoms with van der Waals surface area (Å²) in [6, 6.07) is 21.0. The summed E-state index contributed by atoms with van der Waals surface area (Å²) in [5.41, 5.74) is 0.312. The number of hydrogen-bond donors (Lipinski definition) is 8. The van der Waals surface area contributed by atoms with Gasteiger partial charge < -0.3 is 20.8 Å². The third kappa shape index (κ3) is 8.30. The van der Waals surface area contributed by atoms with Crippen LogP contribution >= 0.6 is 0 Å². The Morgan fingerprint density at radius 3 is 1.09 bits per heavy atom. The minimum atomic E-state index is -4.53. The molecule has 6 rings (SSSR count). The first-order chi connectivity index (χ1) is 25.2. The van der Waals surface area contributed by atoms with E-state index in [1.165, 1.54) is 72.8 Å². The molecule has 17 nitrogen and oxygen atoms in total. The van der Waals surface area contributed by atoms with Crippen LogP contribution in [0.3, 0.4) is 0 Å². The number of nitrogens with one attached hydrogen (secondary N) is 4. The molecule has 6 aromatic carbocycles. The summed E-state index contributed by atoms with van der Waals surface area (Å²) >= 11 is 0. The highest BCUT2D eigenvalue weighted by Crippen LogP contribution is 2.34. The fraction of sp³-hybridized carbons (Fsp3) is 0. The highest BCUT2D eigenvalue weighted by Gasteiger charge is 2.19. The lowest BCUT2D eigenvalue weighted by molar-refractivity contribution is 0.262. The zero-order valence-corrected chi connectivity index (χ0v) is 30.3. The molecule has 54 heavy (non-hydrogen) atoms. The molecule has 0 saturated carbocycles. The summed E-state index contributed by atoms with van der Waals surface area (Å²) in [5.74, 6) is -0.890. The Hall–Kier alpha value is -5.97. The molecule has 0 aromatic heterocycles. The number of anilines is 4. The zero-order valence-electron chi connectivity index (χ0n) is 27.0. The summed E-state index contributed by atoms with van der Waals surface area (Å²) in [6.07, 6.45) is 0. The number of rotatable bonds is 10. The molecule has 0 aliphatic heterocycles. The van der Waals surface area contributed by atoms with Crippen molar-refractivity contribution in [3.8, 4) is 11.5 Å². The van der Waals surface area contributed by atoms with Gasteiger partial charge in [-0.05, 0) is 95.7 Å². The fourth-order valence-corrected chi connectivity index (χ4v) is 8.32. The van der Waals surface area contributed by atoms with Gasteiger partial charge in [-0.1, -0.05) is 12.1 Å². The molecule has 6 aromatic rings. The van der Waals surface area contributed by atoms with E-state index in [4.69, 9.17) is 0 Å². The topological polar surface area (TPSA) is 283 Å². The molecule has 0 aliphatic rings. The molecule has 0 unspecified atom stereocenters. The van der Waals surface area contributed by atoms with Gasteiger partial charge in [-0.2, -0.15) is 16.8 Å². The van der Waals surface area contributed by atoms with Crippen molar-refractivity contribution in [2.75, 3.05) is 20.1 Å². The molecule has 2 amide bonds. The predicted octanol–water partition coefficient (Wildman–Crippen LogP) is 5.14. The number of carbonyl (C=O) groups is 1. The normalized spacial score (nSPS) is 12.3. The quantitative estimate of drug-likeness (QED) is 0.0833. The van der Waals surface area contributed by atoms with Crippen LogP contribution in [-0.4, -0.2) is 59.0 Å². The van der Waals surface area contributed by atoms with E-state index in [9.17, 15) is 57.8 Å². The Morgan fingerprint density at radius 2 is 0.759 bits per heavy atom. The summed E-state index contributed by atoms with van der Waals surface area (Å²) < 4.78 is 121. The van der Waals surface area contributed by atoms with Crippen molar-refractivity contribution < 1.29 is 57.8 Å². The maximum absolute atomic E-state index is 13.0. The molecule has 8 N–H and O–H groups in total. The van der Waals surface area contributed by atoms with Crippen LogP contribution in [0.15, 0.2) is 129 Å². The molecule has 0 heterocycles. The maximum Gasteiger partial charge on any atom is 0.323 e. The van der Waals surface area contributed by atoms with Crippen molar-refractivity contribution in [3.63, 3.8) is 0 Å². The van der Waals surface area contributed by atoms with Gasteiger partial charge in [0, 0.05) is 34.3 Å². The molecule has 21 heteroatoms. The Balaban J connectivity index is 1.08. The van der Waals surface area contributed by atoms with Crippen LogP contribution in [-0.2, 0) is 40.3 Å². The third-order valence-electron chi connectivity index (χ3n) is 7.75. The number of phenolic OH excluding ortho intramolecular Hbond substituents is 2. The number of fused-ring (bicyclic) bond motifs is 2. The summed E-state index contributed by atoms with van der Waals surface area (Å²) in [5, 5.41) is 26.5. The Kier molecular flexibility index (Phi) is 9.64. The van der Waals surface area contributed by atoms with Gasteiger partial charge in [-0.15, -0.1) is 0 Å². The average Bonchev–Trinajstić information content (AvgIpc) is 3.07. The number of benzene rings is 6. The first kappa shape index (κ1) is 37.8. The van der Waals surface area contributed by atoms with Gasteiger partial charge in [0.05, 0.1) is 31.0 Å². The molecular formula is C33H26N4O13S4. The van der Waals surface area contributed by atoms with E-state index in [2.05, 4.69) is 20.1 Å². The number of hydrogen-bond acceptors (Lipinski definition) is 11. The van der Waals surface area contributed by atoms with Crippen LogP contribution in [0.4, 0.5) is 27.5 Å². The van der Waals surface area contributed by atoms with Crippen molar-refractivity contribution in [1.82, 2.24) is 0 Å². The van der Waals surface area contributed by atoms with Gasteiger partial charge >= 0.3 is 6.03 Å². The van der Waals surface area contributed by atoms with Crippen molar-refractivity contribution in [1.29, 1.82) is 0 Å². The Morgan fingerprint density at radius 1 is 0.426 bits per heavy atom. The second-order valence-corrected chi connectivity index (χ2v) is 17.8. The van der Waals surface area contributed by atoms with Crippen LogP contribution in [0.25, 0.3) is 21.5 Å². The lowest BCUT2D eigenvalue weighted by Crippen LogP contribution is -2.20. The molecule has 0 bridgehead atoms. The van der Waals surface area contributed by atoms with Crippen molar-refractivity contribution in [3.05, 3.63) is 109 Å². The largest absolute Gasteiger partial charge is 0.507 e. The lowest BCUT2D eigenvalue weighted by Gasteiger charge is -2.12. The van der Waals surface area contributed by atoms with E-state index < -0.39 is 67.6 Å². The number of sulfonamides is 2. The first-order valence-electron chi connectivity index (χ1n) is 15.0. The first-order valence-corrected chi connectivity index (χ1v) is 20.8. The number of aromatic hydroxyl groups is 2. The maximum atomic E-state index is 13.0. The van der Waals surface area contributed by atoms with Gasteiger partial charge in [0.15, 0.2) is 0 Å². The minimum absolute atomic E-state index is 0.0390. The van der Waals surface area contributed by atoms with E-state index in [0.29, 0.717) is 0 Å². The molecule has 0 aliphatic carbocycles. The monoisotopic (exact) mass is 814 g/mol. The highest BCUT2D eigenvalue weighted by atomic mass is 32.2. The SMILES string of the molecule is O=C(Nc1ccc(S(=O)(=O)Nc2cc(O)c3cc(S(=O)(=O)O)ccc3c2)cc1)Nc1ccc(S(=O)(=O)Nc2cc(O)c3cc(S(=O)(=O)O)ccc3c2)cc1. The standard InChI is InChI=1S/C33H26N4O13S4/c38-31-15-23(13-19-1-7-27(17-29(19)31)53(45,46)47)36-51(41,42)25-9-3-21(4-10-25)34-33(40)35-22-5-11-26(12-6-22)52(43,44)37-24-14-20-2-8-28(54(48,49)50)18-30(20)32(39)16-24/h1-18,36-39H,(H2,34,35,40)(H,45,46,47)(H,48,49,50). The van der Waals surface area contributed by atoms with Gasteiger partial charge in [-0.3, -0.25) is 18.5 Å². The summed E-state index contributed by atoms with van der Waals surface area (Å²) in [7, 11) is -17.5. The molecule has 0 fully saturated rings. The van der Waals surface area contributed by atoms with Gasteiger partial charge in [-0.25, -0.2) is 21.6 Å². The second kappa shape index (κ2) is 13.8. The molecule has 0 saturated heterocycles. The van der Waals surface area contributed by atoms with E-state index in [1.807, 2.05) is 0 Å². The molecule has 0 atom stereocenters. The van der Waals surface area contributed by atoms with E-state index in [-0.39, 0.29) is 54.1 Å². The smallest absolute Gasteiger partial charge is 0.323 e. The van der Waals surface area contributed by atoms with Gasteiger partial charge in [0.25, 0.3) is 40.3 Å². The van der Waals surface area contributed by atoms with Crippen LogP contribution in [0.2, 0.25) is 0 Å². The van der Waals surface area contributed by atoms with Crippen LogP contribution < -0.4 is 20.1 Å². The Labute approximate surface area is 307 Å². The molecule has 280 valence electrons. The minimum Gasteiger partial charge on any atom is -0.507 e. The number of carbonyl (C=O) groups excluding carboxylic acids is 1. The highest BCUT2D eigenvalue weighted by molar-refractivity contribution is 7.93. The van der Waals surface area contributed by atoms with Crippen LogP contribution in [0, 0.1) is 0 Å². The fourth-order valence-electron chi connectivity index (χ4n) is 5.23. The summed E-state index contributed by atoms with van der Waals surface area (Å²) in [4.78, 5) is 11.3. The molecule has 0 radical (unpaired) electrons. The zero-order chi connectivity index (χ0) is 39.2. The van der Waals surface area contributed by atoms with Crippen LogP contribution in [0.5, 0.6) is 11.5 Å². The van der Waals surface area contributed by atoms with Gasteiger partial charge in [0.2, 0.25) is 0 Å². The lowest BCUT2D eigenvalue weighted by atomic mass is 10.1. The average molecular weight is 815 g/mol. The van der Waals surface area contributed by atoms with E-state index in [0.717, 1.165) is 36.4 Å². The number of amides is 2. The van der Waals surface area contributed by atoms with Crippen molar-refractivity contribution in [2.24, 2.45) is 0 Å². The van der Waals surface area contributed by atoms with Crippen molar-refractivity contribution >= 4 is 90.6 Å². The molecular weight excluding hydrogens is 789 g/mol. The summed E-state index contributed by atoms with van der Waals surface area (Å²) in [6.45, 7) is 0.